The third kappa shape index (κ3) is 4.68. The molecule has 3 N–H and O–H groups in total. The van der Waals surface area contributed by atoms with Gasteiger partial charge in [-0.15, -0.1) is 0 Å². The van der Waals surface area contributed by atoms with Crippen molar-refractivity contribution in [3.8, 4) is 5.75 Å². The molecule has 0 aliphatic carbocycles. The maximum Gasteiger partial charge on any atom is 0.261 e. The van der Waals surface area contributed by atoms with Crippen molar-refractivity contribution >= 4 is 23.2 Å². The minimum absolute atomic E-state index is 0.188. The highest BCUT2D eigenvalue weighted by Crippen LogP contribution is 2.18. The lowest BCUT2D eigenvalue weighted by Gasteiger charge is -2.15. The van der Waals surface area contributed by atoms with Gasteiger partial charge >= 0.3 is 0 Å². The van der Waals surface area contributed by atoms with Crippen LogP contribution in [0.4, 0.5) is 5.69 Å². The van der Waals surface area contributed by atoms with Gasteiger partial charge in [-0.05, 0) is 42.8 Å². The molecule has 1 amide bonds. The molecular formula is C16H17ClN2O2. The van der Waals surface area contributed by atoms with Crippen LogP contribution in [0.3, 0.4) is 0 Å². The standard InChI is InChI=1S/C16H17ClN2O2/c1-11(21-15-4-2-3-13(17)9-15)16(20)19-10-12-5-7-14(18)8-6-12/h2-9,11H,10,18H2,1H3,(H,19,20). The van der Waals surface area contributed by atoms with Gasteiger partial charge in [0.25, 0.3) is 5.91 Å². The molecule has 5 heteroatoms. The number of rotatable bonds is 5. The Hall–Kier alpha value is -2.20. The number of anilines is 1. The molecule has 2 aromatic rings. The number of hydrogen-bond donors (Lipinski definition) is 2. The number of ether oxygens (including phenoxy) is 1. The summed E-state index contributed by atoms with van der Waals surface area (Å²) >= 11 is 5.87. The second-order valence-electron chi connectivity index (χ2n) is 4.68. The molecule has 4 nitrogen and oxygen atoms in total. The summed E-state index contributed by atoms with van der Waals surface area (Å²) in [5, 5.41) is 3.39. The van der Waals surface area contributed by atoms with E-state index in [1.54, 1.807) is 43.3 Å². The van der Waals surface area contributed by atoms with Crippen LogP contribution in [0.15, 0.2) is 48.5 Å². The van der Waals surface area contributed by atoms with Gasteiger partial charge in [0, 0.05) is 17.3 Å². The average Bonchev–Trinajstić information content (AvgIpc) is 2.46. The summed E-state index contributed by atoms with van der Waals surface area (Å²) in [5.74, 6) is 0.379. The van der Waals surface area contributed by atoms with Gasteiger partial charge in [0.05, 0.1) is 0 Å². The maximum atomic E-state index is 12.0. The molecule has 0 aliphatic heterocycles. The zero-order chi connectivity index (χ0) is 15.2. The Morgan fingerprint density at radius 1 is 1.29 bits per heavy atom. The van der Waals surface area contributed by atoms with E-state index >= 15 is 0 Å². The minimum atomic E-state index is -0.600. The quantitative estimate of drug-likeness (QED) is 0.835. The topological polar surface area (TPSA) is 64.3 Å². The number of carbonyl (C=O) groups excluding carboxylic acids is 1. The number of carbonyl (C=O) groups is 1. The Bertz CT molecular complexity index is 614. The van der Waals surface area contributed by atoms with Crippen molar-refractivity contribution < 1.29 is 9.53 Å². The van der Waals surface area contributed by atoms with Crippen molar-refractivity contribution in [1.82, 2.24) is 5.32 Å². The highest BCUT2D eigenvalue weighted by molar-refractivity contribution is 6.30. The number of nitrogens with two attached hydrogens (primary N) is 1. The van der Waals surface area contributed by atoms with Crippen LogP contribution < -0.4 is 15.8 Å². The summed E-state index contributed by atoms with van der Waals surface area (Å²) in [6, 6.07) is 14.3. The van der Waals surface area contributed by atoms with Crippen LogP contribution in [0.2, 0.25) is 5.02 Å². The predicted octanol–water partition coefficient (Wildman–Crippen LogP) is 3.01. The second-order valence-corrected chi connectivity index (χ2v) is 5.11. The lowest BCUT2D eigenvalue weighted by Crippen LogP contribution is -2.35. The lowest BCUT2D eigenvalue weighted by atomic mass is 10.2. The molecule has 0 saturated heterocycles. The number of nitrogen functional groups attached to an aromatic ring is 1. The third-order valence-electron chi connectivity index (χ3n) is 2.92. The monoisotopic (exact) mass is 304 g/mol. The van der Waals surface area contributed by atoms with E-state index in [9.17, 15) is 4.79 Å². The molecule has 0 spiro atoms. The Labute approximate surface area is 128 Å². The fourth-order valence-corrected chi connectivity index (χ4v) is 1.95. The van der Waals surface area contributed by atoms with Gasteiger partial charge in [0.2, 0.25) is 0 Å². The number of amides is 1. The van der Waals surface area contributed by atoms with E-state index in [1.807, 2.05) is 12.1 Å². The van der Waals surface area contributed by atoms with Crippen LogP contribution in [-0.4, -0.2) is 12.0 Å². The van der Waals surface area contributed by atoms with Crippen LogP contribution in [0.25, 0.3) is 0 Å². The van der Waals surface area contributed by atoms with E-state index < -0.39 is 6.10 Å². The first kappa shape index (κ1) is 15.2. The van der Waals surface area contributed by atoms with Crippen LogP contribution in [-0.2, 0) is 11.3 Å². The van der Waals surface area contributed by atoms with Crippen LogP contribution in [0.5, 0.6) is 5.75 Å². The summed E-state index contributed by atoms with van der Waals surface area (Å²) in [4.78, 5) is 12.0. The first-order valence-corrected chi connectivity index (χ1v) is 6.97. The number of nitrogens with one attached hydrogen (secondary N) is 1. The number of benzene rings is 2. The SMILES string of the molecule is CC(Oc1cccc(Cl)c1)C(=O)NCc1ccc(N)cc1. The molecule has 0 heterocycles. The van der Waals surface area contributed by atoms with Crippen LogP contribution in [0, 0.1) is 0 Å². The van der Waals surface area contributed by atoms with Gasteiger partial charge in [0.15, 0.2) is 6.10 Å². The molecule has 0 bridgehead atoms. The first-order valence-electron chi connectivity index (χ1n) is 6.59. The van der Waals surface area contributed by atoms with E-state index in [4.69, 9.17) is 22.1 Å². The highest BCUT2D eigenvalue weighted by atomic mass is 35.5. The van der Waals surface area contributed by atoms with Gasteiger partial charge in [0.1, 0.15) is 5.75 Å². The van der Waals surface area contributed by atoms with E-state index in [0.29, 0.717) is 23.0 Å². The smallest absolute Gasteiger partial charge is 0.261 e. The predicted molar refractivity (Wildman–Crippen MR) is 84.2 cm³/mol. The third-order valence-corrected chi connectivity index (χ3v) is 3.16. The van der Waals surface area contributed by atoms with Crippen molar-refractivity contribution in [2.75, 3.05) is 5.73 Å². The normalized spacial score (nSPS) is 11.7. The fourth-order valence-electron chi connectivity index (χ4n) is 1.77. The molecule has 1 unspecified atom stereocenters. The van der Waals surface area contributed by atoms with Crippen LogP contribution >= 0.6 is 11.6 Å². The summed E-state index contributed by atoms with van der Waals surface area (Å²) in [5.41, 5.74) is 7.29. The number of hydrogen-bond acceptors (Lipinski definition) is 3. The Morgan fingerprint density at radius 3 is 2.67 bits per heavy atom. The van der Waals surface area contributed by atoms with Crippen LogP contribution in [0.1, 0.15) is 12.5 Å². The summed E-state index contributed by atoms with van der Waals surface area (Å²) in [6.07, 6.45) is -0.600. The molecule has 2 aromatic carbocycles. The molecule has 1 atom stereocenters. The lowest BCUT2D eigenvalue weighted by molar-refractivity contribution is -0.127. The highest BCUT2D eigenvalue weighted by Gasteiger charge is 2.14. The van der Waals surface area contributed by atoms with Gasteiger partial charge in [-0.2, -0.15) is 0 Å². The molecular weight excluding hydrogens is 288 g/mol. The van der Waals surface area contributed by atoms with Gasteiger partial charge in [-0.3, -0.25) is 4.79 Å². The van der Waals surface area contributed by atoms with Crippen molar-refractivity contribution in [2.24, 2.45) is 0 Å². The van der Waals surface area contributed by atoms with Crippen molar-refractivity contribution in [2.45, 2.75) is 19.6 Å². The molecule has 0 radical (unpaired) electrons. The Morgan fingerprint density at radius 2 is 2.00 bits per heavy atom. The first-order chi connectivity index (χ1) is 10.0. The molecule has 0 aromatic heterocycles. The number of halogens is 1. The zero-order valence-electron chi connectivity index (χ0n) is 11.7. The van der Waals surface area contributed by atoms with E-state index in [2.05, 4.69) is 5.32 Å². The Balaban J connectivity index is 1.86. The zero-order valence-corrected chi connectivity index (χ0v) is 12.4. The maximum absolute atomic E-state index is 12.0. The molecule has 2 rings (SSSR count). The summed E-state index contributed by atoms with van der Waals surface area (Å²) in [7, 11) is 0. The molecule has 110 valence electrons. The van der Waals surface area contributed by atoms with Crippen molar-refractivity contribution in [3.05, 3.63) is 59.1 Å². The Kier molecular flexibility index (Phi) is 5.06. The largest absolute Gasteiger partial charge is 0.481 e. The summed E-state index contributed by atoms with van der Waals surface area (Å²) < 4.78 is 5.55. The molecule has 0 fully saturated rings. The van der Waals surface area contributed by atoms with Crippen molar-refractivity contribution in [1.29, 1.82) is 0 Å². The molecule has 21 heavy (non-hydrogen) atoms. The second kappa shape index (κ2) is 6.99. The summed E-state index contributed by atoms with van der Waals surface area (Å²) in [6.45, 7) is 2.13. The van der Waals surface area contributed by atoms with E-state index in [0.717, 1.165) is 5.56 Å². The minimum Gasteiger partial charge on any atom is -0.481 e. The van der Waals surface area contributed by atoms with Gasteiger partial charge in [-0.1, -0.05) is 29.8 Å². The average molecular weight is 305 g/mol. The molecule has 0 saturated carbocycles. The van der Waals surface area contributed by atoms with E-state index in [-0.39, 0.29) is 5.91 Å². The van der Waals surface area contributed by atoms with Gasteiger partial charge in [-0.25, -0.2) is 0 Å². The van der Waals surface area contributed by atoms with E-state index in [1.165, 1.54) is 0 Å². The van der Waals surface area contributed by atoms with Crippen molar-refractivity contribution in [3.63, 3.8) is 0 Å². The van der Waals surface area contributed by atoms with Gasteiger partial charge < -0.3 is 15.8 Å². The fraction of sp³-hybridized carbons (Fsp3) is 0.188. The molecule has 0 aliphatic rings.